The van der Waals surface area contributed by atoms with Crippen molar-refractivity contribution in [3.8, 4) is 0 Å². The van der Waals surface area contributed by atoms with E-state index in [1.165, 1.54) is 7.11 Å². The summed E-state index contributed by atoms with van der Waals surface area (Å²) in [5.41, 5.74) is 4.33. The van der Waals surface area contributed by atoms with Gasteiger partial charge in [-0.2, -0.15) is 0 Å². The van der Waals surface area contributed by atoms with E-state index < -0.39 is 28.0 Å². The molecule has 1 N–H and O–H groups in total. The molecule has 0 fully saturated rings. The van der Waals surface area contributed by atoms with E-state index in [2.05, 4.69) is 10.5 Å². The molecule has 0 aliphatic rings. The van der Waals surface area contributed by atoms with Gasteiger partial charge in [0.15, 0.2) is 9.84 Å². The Labute approximate surface area is 175 Å². The number of carbonyl (C=O) groups excluding carboxylic acids is 1. The molecule has 0 aliphatic carbocycles. The Balaban J connectivity index is 1.68. The van der Waals surface area contributed by atoms with Gasteiger partial charge in [-0.15, -0.1) is 5.48 Å². The molecule has 0 spiro atoms. The van der Waals surface area contributed by atoms with Crippen molar-refractivity contribution in [2.24, 2.45) is 0 Å². The summed E-state index contributed by atoms with van der Waals surface area (Å²) in [6.45, 7) is 1.71. The molecule has 0 bridgehead atoms. The maximum atomic E-state index is 12.8. The number of nitrogens with zero attached hydrogens (tertiary/aromatic N) is 1. The normalized spacial score (nSPS) is 13.7. The first kappa shape index (κ1) is 21.9. The fraction of sp³-hybridized carbons (Fsp3) is 0.273. The molecule has 3 aromatic rings. The summed E-state index contributed by atoms with van der Waals surface area (Å²) in [5.74, 6) is -1.04. The maximum Gasteiger partial charge on any atom is 0.356 e. The third kappa shape index (κ3) is 5.85. The van der Waals surface area contributed by atoms with Gasteiger partial charge in [-0.3, -0.25) is 4.98 Å². The molecular weight excluding hydrogens is 404 g/mol. The Morgan fingerprint density at radius 2 is 1.80 bits per heavy atom. The SMILES string of the molecule is COC(C)C(CS(=O)(=O)Cc1cnc2ccccc2c1)NOC(=O)c1ccccc1. The zero-order chi connectivity index (χ0) is 21.6. The van der Waals surface area contributed by atoms with Gasteiger partial charge >= 0.3 is 5.97 Å². The molecule has 2 unspecified atom stereocenters. The highest BCUT2D eigenvalue weighted by Crippen LogP contribution is 2.16. The number of ether oxygens (including phenoxy) is 1. The van der Waals surface area contributed by atoms with Gasteiger partial charge in [-0.25, -0.2) is 13.2 Å². The fourth-order valence-electron chi connectivity index (χ4n) is 2.97. The van der Waals surface area contributed by atoms with E-state index in [9.17, 15) is 13.2 Å². The first-order valence-electron chi connectivity index (χ1n) is 9.46. The second-order valence-corrected chi connectivity index (χ2v) is 9.12. The quantitative estimate of drug-likeness (QED) is 0.524. The summed E-state index contributed by atoms with van der Waals surface area (Å²) < 4.78 is 30.9. The van der Waals surface area contributed by atoms with Crippen molar-refractivity contribution in [3.05, 3.63) is 78.0 Å². The minimum Gasteiger partial charge on any atom is -0.380 e. The van der Waals surface area contributed by atoms with Gasteiger partial charge in [-0.05, 0) is 36.8 Å². The Hall–Kier alpha value is -2.81. The molecule has 7 nitrogen and oxygen atoms in total. The van der Waals surface area contributed by atoms with Gasteiger partial charge in [0.05, 0.1) is 34.7 Å². The number of methoxy groups -OCH3 is 1. The molecule has 30 heavy (non-hydrogen) atoms. The molecule has 1 heterocycles. The monoisotopic (exact) mass is 428 g/mol. The summed E-state index contributed by atoms with van der Waals surface area (Å²) in [4.78, 5) is 21.6. The van der Waals surface area contributed by atoms with Crippen LogP contribution in [-0.4, -0.2) is 44.4 Å². The number of aromatic nitrogens is 1. The Morgan fingerprint density at radius 3 is 2.53 bits per heavy atom. The molecule has 0 saturated carbocycles. The highest BCUT2D eigenvalue weighted by atomic mass is 32.2. The Kier molecular flexibility index (Phi) is 7.15. The van der Waals surface area contributed by atoms with Crippen LogP contribution in [0, 0.1) is 0 Å². The summed E-state index contributed by atoms with van der Waals surface area (Å²) in [5, 5.41) is 0.877. The smallest absolute Gasteiger partial charge is 0.356 e. The van der Waals surface area contributed by atoms with Crippen LogP contribution < -0.4 is 5.48 Å². The molecule has 158 valence electrons. The molecule has 2 atom stereocenters. The highest BCUT2D eigenvalue weighted by Gasteiger charge is 2.26. The molecule has 0 amide bonds. The van der Waals surface area contributed by atoms with Crippen LogP contribution in [0.25, 0.3) is 10.9 Å². The van der Waals surface area contributed by atoms with E-state index in [4.69, 9.17) is 9.57 Å². The van der Waals surface area contributed by atoms with Crippen molar-refractivity contribution in [2.75, 3.05) is 12.9 Å². The van der Waals surface area contributed by atoms with Crippen molar-refractivity contribution in [2.45, 2.75) is 24.8 Å². The van der Waals surface area contributed by atoms with Crippen LogP contribution in [-0.2, 0) is 25.2 Å². The zero-order valence-electron chi connectivity index (χ0n) is 16.8. The van der Waals surface area contributed by atoms with E-state index in [0.29, 0.717) is 11.1 Å². The lowest BCUT2D eigenvalue weighted by Crippen LogP contribution is -2.45. The molecule has 3 rings (SSSR count). The van der Waals surface area contributed by atoms with E-state index in [1.807, 2.05) is 30.3 Å². The third-order valence-electron chi connectivity index (χ3n) is 4.72. The maximum absolute atomic E-state index is 12.8. The van der Waals surface area contributed by atoms with Gasteiger partial charge in [0, 0.05) is 18.7 Å². The first-order valence-corrected chi connectivity index (χ1v) is 11.3. The van der Waals surface area contributed by atoms with Crippen LogP contribution >= 0.6 is 0 Å². The molecule has 0 radical (unpaired) electrons. The summed E-state index contributed by atoms with van der Waals surface area (Å²) >= 11 is 0. The summed E-state index contributed by atoms with van der Waals surface area (Å²) in [6, 6.07) is 17.0. The molecule has 0 saturated heterocycles. The average Bonchev–Trinajstić information content (AvgIpc) is 2.76. The summed E-state index contributed by atoms with van der Waals surface area (Å²) in [6.07, 6.45) is 1.07. The van der Waals surface area contributed by atoms with Crippen LogP contribution in [0.3, 0.4) is 0 Å². The number of rotatable bonds is 9. The van der Waals surface area contributed by atoms with E-state index in [-0.39, 0.29) is 11.5 Å². The lowest BCUT2D eigenvalue weighted by molar-refractivity contribution is -0.00846. The van der Waals surface area contributed by atoms with Crippen LogP contribution in [0.15, 0.2) is 66.9 Å². The number of hydrogen-bond donors (Lipinski definition) is 1. The van der Waals surface area contributed by atoms with Crippen molar-refractivity contribution < 1.29 is 22.8 Å². The Morgan fingerprint density at radius 1 is 1.10 bits per heavy atom. The largest absolute Gasteiger partial charge is 0.380 e. The number of pyridine rings is 1. The van der Waals surface area contributed by atoms with Crippen LogP contribution in [0.2, 0.25) is 0 Å². The van der Waals surface area contributed by atoms with Crippen molar-refractivity contribution in [1.82, 2.24) is 10.5 Å². The minimum atomic E-state index is -3.54. The van der Waals surface area contributed by atoms with Gasteiger partial charge < -0.3 is 9.57 Å². The minimum absolute atomic E-state index is 0.175. The predicted molar refractivity (Wildman–Crippen MR) is 114 cm³/mol. The average molecular weight is 429 g/mol. The molecule has 8 heteroatoms. The Bertz CT molecular complexity index is 1100. The highest BCUT2D eigenvalue weighted by molar-refractivity contribution is 7.90. The number of hydrogen-bond acceptors (Lipinski definition) is 7. The lowest BCUT2D eigenvalue weighted by Gasteiger charge is -2.23. The van der Waals surface area contributed by atoms with E-state index >= 15 is 0 Å². The molecule has 1 aromatic heterocycles. The predicted octanol–water partition coefficient (Wildman–Crippen LogP) is 2.91. The number of fused-ring (bicyclic) bond motifs is 1. The second-order valence-electron chi connectivity index (χ2n) is 7.01. The zero-order valence-corrected chi connectivity index (χ0v) is 17.6. The number of sulfone groups is 1. The summed E-state index contributed by atoms with van der Waals surface area (Å²) in [7, 11) is -2.07. The third-order valence-corrected chi connectivity index (χ3v) is 6.36. The van der Waals surface area contributed by atoms with Crippen molar-refractivity contribution in [1.29, 1.82) is 0 Å². The van der Waals surface area contributed by atoms with Crippen molar-refractivity contribution in [3.63, 3.8) is 0 Å². The van der Waals surface area contributed by atoms with E-state index in [1.54, 1.807) is 43.5 Å². The first-order chi connectivity index (χ1) is 14.4. The van der Waals surface area contributed by atoms with Gasteiger partial charge in [0.2, 0.25) is 0 Å². The molecule has 0 aliphatic heterocycles. The number of para-hydroxylation sites is 1. The van der Waals surface area contributed by atoms with Crippen LogP contribution in [0.4, 0.5) is 0 Å². The van der Waals surface area contributed by atoms with Crippen LogP contribution in [0.5, 0.6) is 0 Å². The van der Waals surface area contributed by atoms with Gasteiger partial charge in [0.1, 0.15) is 0 Å². The second kappa shape index (κ2) is 9.80. The molecular formula is C22H24N2O5S. The van der Waals surface area contributed by atoms with Crippen molar-refractivity contribution >= 4 is 26.7 Å². The van der Waals surface area contributed by atoms with Gasteiger partial charge in [-0.1, -0.05) is 36.4 Å². The van der Waals surface area contributed by atoms with Crippen LogP contribution in [0.1, 0.15) is 22.8 Å². The standard InChI is InChI=1S/C22H24N2O5S/c1-16(28-2)21(24-29-22(25)18-8-4-3-5-9-18)15-30(26,27)14-17-12-19-10-6-7-11-20(19)23-13-17/h3-13,16,21,24H,14-15H2,1-2H3. The fourth-order valence-corrected chi connectivity index (χ4v) is 4.64. The topological polar surface area (TPSA) is 94.6 Å². The number of benzene rings is 2. The lowest BCUT2D eigenvalue weighted by atomic mass is 10.2. The number of nitrogens with one attached hydrogen (secondary N) is 1. The number of carbonyl (C=O) groups is 1. The van der Waals surface area contributed by atoms with E-state index in [0.717, 1.165) is 10.9 Å². The molecule has 2 aromatic carbocycles. The van der Waals surface area contributed by atoms with Gasteiger partial charge in [0.25, 0.3) is 0 Å². The number of hydroxylamine groups is 1.